The lowest BCUT2D eigenvalue weighted by atomic mass is 10.1. The van der Waals surface area contributed by atoms with Crippen LogP contribution in [0, 0.1) is 0 Å². The predicted octanol–water partition coefficient (Wildman–Crippen LogP) is 1.95. The van der Waals surface area contributed by atoms with E-state index in [9.17, 15) is 9.59 Å². The van der Waals surface area contributed by atoms with Crippen molar-refractivity contribution in [1.82, 2.24) is 25.5 Å². The first kappa shape index (κ1) is 22.5. The highest BCUT2D eigenvalue weighted by Gasteiger charge is 2.19. The molecular formula is C22H31N7O2. The molecule has 0 bridgehead atoms. The van der Waals surface area contributed by atoms with Gasteiger partial charge in [-0.1, -0.05) is 6.07 Å². The van der Waals surface area contributed by atoms with Gasteiger partial charge >= 0.3 is 6.03 Å². The van der Waals surface area contributed by atoms with Crippen molar-refractivity contribution < 1.29 is 9.59 Å². The van der Waals surface area contributed by atoms with E-state index in [-0.39, 0.29) is 17.5 Å². The molecule has 3 rings (SSSR count). The fourth-order valence-corrected chi connectivity index (χ4v) is 3.28. The molecule has 0 spiro atoms. The zero-order valence-corrected chi connectivity index (χ0v) is 18.4. The normalized spacial score (nSPS) is 14.7. The highest BCUT2D eigenvalue weighted by atomic mass is 16.2. The van der Waals surface area contributed by atoms with Crippen LogP contribution in [0.2, 0.25) is 0 Å². The van der Waals surface area contributed by atoms with Gasteiger partial charge in [0, 0.05) is 68.5 Å². The highest BCUT2D eigenvalue weighted by molar-refractivity contribution is 5.97. The molecule has 2 aromatic rings. The van der Waals surface area contributed by atoms with Gasteiger partial charge in [-0.2, -0.15) is 0 Å². The van der Waals surface area contributed by atoms with Gasteiger partial charge in [0.05, 0.1) is 0 Å². The summed E-state index contributed by atoms with van der Waals surface area (Å²) in [6.07, 6.45) is 3.51. The summed E-state index contributed by atoms with van der Waals surface area (Å²) < 4.78 is 0. The van der Waals surface area contributed by atoms with Crippen LogP contribution in [0.5, 0.6) is 0 Å². The van der Waals surface area contributed by atoms with Gasteiger partial charge in [0.15, 0.2) is 0 Å². The molecular weight excluding hydrogens is 394 g/mol. The Morgan fingerprint density at radius 1 is 1.03 bits per heavy atom. The van der Waals surface area contributed by atoms with Crippen molar-refractivity contribution in [1.29, 1.82) is 0 Å². The van der Waals surface area contributed by atoms with Gasteiger partial charge in [-0.25, -0.2) is 14.8 Å². The van der Waals surface area contributed by atoms with Crippen molar-refractivity contribution in [2.24, 2.45) is 0 Å². The topological polar surface area (TPSA) is 102 Å². The average Bonchev–Trinajstić information content (AvgIpc) is 2.74. The van der Waals surface area contributed by atoms with E-state index >= 15 is 0 Å². The minimum atomic E-state index is -0.322. The van der Waals surface area contributed by atoms with Crippen molar-refractivity contribution in [3.63, 3.8) is 0 Å². The first-order valence-electron chi connectivity index (χ1n) is 10.5. The second-order valence-corrected chi connectivity index (χ2v) is 8.54. The Morgan fingerprint density at radius 2 is 1.74 bits per heavy atom. The molecule has 3 N–H and O–H groups in total. The molecule has 166 valence electrons. The Morgan fingerprint density at radius 3 is 2.42 bits per heavy atom. The second-order valence-electron chi connectivity index (χ2n) is 8.54. The van der Waals surface area contributed by atoms with Crippen LogP contribution in [0.25, 0.3) is 0 Å². The molecule has 1 fully saturated rings. The number of amides is 3. The summed E-state index contributed by atoms with van der Waals surface area (Å²) in [4.78, 5) is 37.6. The van der Waals surface area contributed by atoms with Crippen LogP contribution in [-0.2, 0) is 0 Å². The van der Waals surface area contributed by atoms with Crippen LogP contribution in [-0.4, -0.2) is 71.6 Å². The predicted molar refractivity (Wildman–Crippen MR) is 121 cm³/mol. The van der Waals surface area contributed by atoms with Crippen LogP contribution in [0.1, 0.15) is 31.1 Å². The van der Waals surface area contributed by atoms with E-state index in [4.69, 9.17) is 0 Å². The number of rotatable bonds is 6. The molecule has 0 aliphatic carbocycles. The molecule has 9 heteroatoms. The number of aromatic nitrogens is 2. The van der Waals surface area contributed by atoms with Crippen LogP contribution >= 0.6 is 0 Å². The quantitative estimate of drug-likeness (QED) is 0.654. The summed E-state index contributed by atoms with van der Waals surface area (Å²) in [6.45, 7) is 10.6. The number of urea groups is 1. The summed E-state index contributed by atoms with van der Waals surface area (Å²) in [7, 11) is 0. The highest BCUT2D eigenvalue weighted by Crippen LogP contribution is 2.12. The number of hydrogen-bond donors (Lipinski definition) is 3. The lowest BCUT2D eigenvalue weighted by Crippen LogP contribution is -2.49. The summed E-state index contributed by atoms with van der Waals surface area (Å²) >= 11 is 0. The van der Waals surface area contributed by atoms with Gasteiger partial charge in [-0.05, 0) is 45.0 Å². The van der Waals surface area contributed by atoms with Crippen LogP contribution in [0.4, 0.5) is 16.4 Å². The number of nitrogens with one attached hydrogen (secondary N) is 3. The van der Waals surface area contributed by atoms with Crippen molar-refractivity contribution in [2.75, 3.05) is 49.5 Å². The monoisotopic (exact) mass is 425 g/mol. The Hall–Kier alpha value is -3.20. The number of anilines is 2. The zero-order valence-electron chi connectivity index (χ0n) is 18.4. The van der Waals surface area contributed by atoms with E-state index in [1.807, 2.05) is 26.8 Å². The summed E-state index contributed by atoms with van der Waals surface area (Å²) in [5.74, 6) is 0.592. The molecule has 9 nitrogen and oxygen atoms in total. The van der Waals surface area contributed by atoms with Crippen LogP contribution < -0.4 is 20.9 Å². The van der Waals surface area contributed by atoms with Crippen LogP contribution in [0.15, 0.2) is 42.7 Å². The number of nitrogens with zero attached hydrogens (tertiary/aromatic N) is 4. The van der Waals surface area contributed by atoms with Gasteiger partial charge < -0.3 is 20.9 Å². The Balaban J connectivity index is 1.39. The Bertz CT molecular complexity index is 875. The average molecular weight is 426 g/mol. The minimum absolute atomic E-state index is 0.170. The van der Waals surface area contributed by atoms with Gasteiger partial charge in [-0.15, -0.1) is 0 Å². The van der Waals surface area contributed by atoms with Gasteiger partial charge in [-0.3, -0.25) is 9.69 Å². The largest absolute Gasteiger partial charge is 0.347 e. The number of hydrogen-bond acceptors (Lipinski definition) is 6. The first-order chi connectivity index (χ1) is 14.8. The lowest BCUT2D eigenvalue weighted by Gasteiger charge is -2.34. The smallest absolute Gasteiger partial charge is 0.319 e. The van der Waals surface area contributed by atoms with E-state index in [2.05, 4.69) is 35.7 Å². The fraction of sp³-hybridized carbons (Fsp3) is 0.455. The third kappa shape index (κ3) is 7.21. The van der Waals surface area contributed by atoms with Crippen molar-refractivity contribution >= 4 is 23.6 Å². The SMILES string of the molecule is CC(C)(C)NC(=O)c1cccc(NC(=O)NCCN2CCN(c3ncccn3)CC2)c1. The standard InChI is InChI=1S/C22H31N7O2/c1-22(2,3)27-19(30)17-6-4-7-18(16-17)26-21(31)25-10-11-28-12-14-29(15-13-28)20-23-8-5-9-24-20/h4-9,16H,10-15H2,1-3H3,(H,27,30)(H2,25,26,31). The molecule has 0 radical (unpaired) electrons. The third-order valence-corrected chi connectivity index (χ3v) is 4.79. The minimum Gasteiger partial charge on any atom is -0.347 e. The molecule has 1 aromatic carbocycles. The van der Waals surface area contributed by atoms with Crippen molar-refractivity contribution in [3.05, 3.63) is 48.3 Å². The molecule has 0 unspecified atom stereocenters. The van der Waals surface area contributed by atoms with Crippen molar-refractivity contribution in [3.8, 4) is 0 Å². The van der Waals surface area contributed by atoms with Crippen molar-refractivity contribution in [2.45, 2.75) is 26.3 Å². The van der Waals surface area contributed by atoms with Gasteiger partial charge in [0.25, 0.3) is 5.91 Å². The van der Waals surface area contributed by atoms with E-state index < -0.39 is 0 Å². The summed E-state index contributed by atoms with van der Waals surface area (Å²) in [6, 6.07) is 8.44. The third-order valence-electron chi connectivity index (χ3n) is 4.79. The molecule has 1 saturated heterocycles. The number of benzene rings is 1. The van der Waals surface area contributed by atoms with E-state index in [1.165, 1.54) is 0 Å². The van der Waals surface area contributed by atoms with Crippen LogP contribution in [0.3, 0.4) is 0 Å². The maximum Gasteiger partial charge on any atom is 0.319 e. The summed E-state index contributed by atoms with van der Waals surface area (Å²) in [5.41, 5.74) is 0.765. The Kier molecular flexibility index (Phi) is 7.41. The maximum absolute atomic E-state index is 12.3. The summed E-state index contributed by atoms with van der Waals surface area (Å²) in [5, 5.41) is 8.59. The molecule has 0 saturated carbocycles. The molecule has 31 heavy (non-hydrogen) atoms. The maximum atomic E-state index is 12.3. The lowest BCUT2D eigenvalue weighted by molar-refractivity contribution is 0.0919. The zero-order chi connectivity index (χ0) is 22.3. The van der Waals surface area contributed by atoms with Gasteiger partial charge in [0.2, 0.25) is 5.95 Å². The molecule has 0 atom stereocenters. The molecule has 1 aliphatic heterocycles. The molecule has 1 aliphatic rings. The number of piperazine rings is 1. The second kappa shape index (κ2) is 10.2. The molecule has 1 aromatic heterocycles. The molecule has 3 amide bonds. The molecule has 2 heterocycles. The van der Waals surface area contributed by atoms with E-state index in [0.717, 1.165) is 38.7 Å². The van der Waals surface area contributed by atoms with E-state index in [0.29, 0.717) is 17.8 Å². The van der Waals surface area contributed by atoms with Gasteiger partial charge in [0.1, 0.15) is 0 Å². The first-order valence-corrected chi connectivity index (χ1v) is 10.5. The van der Waals surface area contributed by atoms with E-state index in [1.54, 1.807) is 36.7 Å². The fourth-order valence-electron chi connectivity index (χ4n) is 3.28. The number of carbonyl (C=O) groups is 2. The Labute approximate surface area is 183 Å². The number of carbonyl (C=O) groups excluding carboxylic acids is 2.